The molecule has 0 unspecified atom stereocenters. The molecule has 0 amide bonds. The average molecular weight is 682 g/mol. The minimum absolute atomic E-state index is 0.136. The molecule has 8 rings (SSSR count). The number of aromatic nitrogens is 3. The Kier molecular flexibility index (Phi) is 13.4. The molecule has 4 nitrogen and oxygen atoms in total. The molecule has 0 aliphatic rings. The summed E-state index contributed by atoms with van der Waals surface area (Å²) in [6.07, 6.45) is 5.64. The summed E-state index contributed by atoms with van der Waals surface area (Å²) in [4.78, 5) is 17.3. The third-order valence-corrected chi connectivity index (χ3v) is 9.09. The van der Waals surface area contributed by atoms with Crippen molar-refractivity contribution in [2.24, 2.45) is 0 Å². The maximum atomic E-state index is 8.00. The second-order valence-electron chi connectivity index (χ2n) is 12.3. The van der Waals surface area contributed by atoms with Crippen LogP contribution in [0.25, 0.3) is 27.8 Å². The molecule has 0 N–H and O–H groups in total. The van der Waals surface area contributed by atoms with Crippen LogP contribution in [-0.4, -0.2) is 21.3 Å². The van der Waals surface area contributed by atoms with E-state index >= 15 is 0 Å². The van der Waals surface area contributed by atoms with Crippen molar-refractivity contribution < 1.29 is 4.79 Å². The van der Waals surface area contributed by atoms with Crippen molar-refractivity contribution in [3.63, 3.8) is 0 Å². The molecule has 2 aromatic heterocycles. The molecule has 260 valence electrons. The molecule has 0 aliphatic heterocycles. The van der Waals surface area contributed by atoms with Gasteiger partial charge in [0.25, 0.3) is 0 Å². The Balaban J connectivity index is 0.000000417. The second-order valence-corrected chi connectivity index (χ2v) is 12.3. The van der Waals surface area contributed by atoms with Crippen molar-refractivity contribution >= 4 is 28.6 Å². The van der Waals surface area contributed by atoms with Crippen LogP contribution < -0.4 is 0 Å². The number of rotatable bonds is 7. The lowest BCUT2D eigenvalue weighted by molar-refractivity contribution is -0.0980. The van der Waals surface area contributed by atoms with Crippen LogP contribution in [0.3, 0.4) is 0 Å². The molecule has 0 spiro atoms. The SMILES string of the molecule is C=O.CC.Cc1ccccc1.Cc1ccccc1CCc1ccc2c(c1)c1cc(C(c3ccccc3)c3ccccc3)ccc1n2-c1ncccn1. The maximum absolute atomic E-state index is 8.00. The van der Waals surface area contributed by atoms with Gasteiger partial charge < -0.3 is 4.79 Å². The van der Waals surface area contributed by atoms with Gasteiger partial charge in [-0.15, -0.1) is 0 Å². The molecule has 0 saturated heterocycles. The molecule has 2 heterocycles. The number of carbonyl (C=O) groups excluding carboxylic acids is 1. The van der Waals surface area contributed by atoms with E-state index in [0.29, 0.717) is 5.95 Å². The summed E-state index contributed by atoms with van der Waals surface area (Å²) in [7, 11) is 0. The fourth-order valence-electron chi connectivity index (χ4n) is 6.62. The Labute approximate surface area is 308 Å². The summed E-state index contributed by atoms with van der Waals surface area (Å²) < 4.78 is 2.19. The maximum Gasteiger partial charge on any atom is 0.234 e. The number of carbonyl (C=O) groups is 1. The number of benzene rings is 6. The highest BCUT2D eigenvalue weighted by Gasteiger charge is 2.20. The standard InChI is InChI=1S/C38H31N3.C7H8.C2H6.CH2O/c1-27-11-8-9-12-29(27)19-17-28-18-21-35-33(25-28)34-26-32(20-22-36(34)41(35)38-39-23-10-24-40-38)37(30-13-4-2-5-14-30)31-15-6-3-7-16-31;1-7-5-3-2-4-6-7;2*1-2/h2-16,18,20-26,37H,17,19H2,1H3;2-6H,1H3;1-2H3;1H2. The zero-order valence-electron chi connectivity index (χ0n) is 30.6. The van der Waals surface area contributed by atoms with E-state index < -0.39 is 0 Å². The van der Waals surface area contributed by atoms with Crippen LogP contribution in [0.2, 0.25) is 0 Å². The lowest BCUT2D eigenvalue weighted by Crippen LogP contribution is -2.03. The van der Waals surface area contributed by atoms with Crippen LogP contribution in [0.1, 0.15) is 58.7 Å². The van der Waals surface area contributed by atoms with Crippen LogP contribution >= 0.6 is 0 Å². The van der Waals surface area contributed by atoms with Crippen LogP contribution in [0.15, 0.2) is 170 Å². The van der Waals surface area contributed by atoms with Crippen LogP contribution in [0, 0.1) is 13.8 Å². The third kappa shape index (κ3) is 8.77. The third-order valence-electron chi connectivity index (χ3n) is 9.09. The van der Waals surface area contributed by atoms with Gasteiger partial charge in [0, 0.05) is 29.1 Å². The van der Waals surface area contributed by atoms with Crippen molar-refractivity contribution in [3.05, 3.63) is 209 Å². The number of aryl methyl sites for hydroxylation is 4. The van der Waals surface area contributed by atoms with E-state index in [1.807, 2.05) is 57.3 Å². The van der Waals surface area contributed by atoms with Crippen molar-refractivity contribution in [1.82, 2.24) is 14.5 Å². The van der Waals surface area contributed by atoms with Crippen molar-refractivity contribution in [3.8, 4) is 5.95 Å². The predicted molar refractivity (Wildman–Crippen MR) is 218 cm³/mol. The molecular weight excluding hydrogens is 635 g/mol. The van der Waals surface area contributed by atoms with Gasteiger partial charge in [-0.2, -0.15) is 0 Å². The van der Waals surface area contributed by atoms with Gasteiger partial charge in [-0.3, -0.25) is 4.57 Å². The first-order chi connectivity index (χ1) is 25.7. The fourth-order valence-corrected chi connectivity index (χ4v) is 6.62. The summed E-state index contributed by atoms with van der Waals surface area (Å²) in [5.41, 5.74) is 11.5. The molecule has 0 radical (unpaired) electrons. The van der Waals surface area contributed by atoms with Crippen molar-refractivity contribution in [2.45, 2.75) is 46.5 Å². The largest absolute Gasteiger partial charge is 0.307 e. The van der Waals surface area contributed by atoms with Gasteiger partial charge in [-0.25, -0.2) is 9.97 Å². The number of fused-ring (bicyclic) bond motifs is 3. The average Bonchev–Trinajstić information content (AvgIpc) is 3.54. The van der Waals surface area contributed by atoms with Crippen LogP contribution in [0.5, 0.6) is 0 Å². The minimum atomic E-state index is 0.136. The number of nitrogens with zero attached hydrogens (tertiary/aromatic N) is 3. The highest BCUT2D eigenvalue weighted by Crippen LogP contribution is 2.38. The van der Waals surface area contributed by atoms with Crippen molar-refractivity contribution in [1.29, 1.82) is 0 Å². The van der Waals surface area contributed by atoms with Gasteiger partial charge in [0.2, 0.25) is 5.95 Å². The van der Waals surface area contributed by atoms with E-state index in [1.165, 1.54) is 49.7 Å². The lowest BCUT2D eigenvalue weighted by Gasteiger charge is -2.19. The van der Waals surface area contributed by atoms with E-state index in [-0.39, 0.29) is 5.92 Å². The molecule has 4 heteroatoms. The van der Waals surface area contributed by atoms with E-state index in [0.717, 1.165) is 23.9 Å². The first kappa shape index (κ1) is 37.1. The van der Waals surface area contributed by atoms with Gasteiger partial charge in [0.05, 0.1) is 11.0 Å². The monoisotopic (exact) mass is 681 g/mol. The Morgan fingerprint density at radius 2 is 1.06 bits per heavy atom. The zero-order valence-corrected chi connectivity index (χ0v) is 30.6. The molecule has 0 atom stereocenters. The summed E-state index contributed by atoms with van der Waals surface area (Å²) in [6.45, 7) is 10.3. The smallest absolute Gasteiger partial charge is 0.234 e. The van der Waals surface area contributed by atoms with Crippen LogP contribution in [0.4, 0.5) is 0 Å². The molecule has 0 saturated carbocycles. The van der Waals surface area contributed by atoms with Crippen LogP contribution in [-0.2, 0) is 17.6 Å². The quantitative estimate of drug-likeness (QED) is 0.157. The summed E-state index contributed by atoms with van der Waals surface area (Å²) in [5.74, 6) is 0.827. The highest BCUT2D eigenvalue weighted by atomic mass is 16.1. The Bertz CT molecular complexity index is 2230. The van der Waals surface area contributed by atoms with E-state index in [1.54, 1.807) is 0 Å². The van der Waals surface area contributed by atoms with Gasteiger partial charge >= 0.3 is 0 Å². The molecule has 52 heavy (non-hydrogen) atoms. The van der Waals surface area contributed by atoms with Gasteiger partial charge in [0.15, 0.2) is 0 Å². The topological polar surface area (TPSA) is 47.8 Å². The molecular formula is C48H47N3O. The Hall–Kier alpha value is -6.13. The molecule has 0 fully saturated rings. The molecule has 6 aromatic carbocycles. The van der Waals surface area contributed by atoms with Crippen molar-refractivity contribution in [2.75, 3.05) is 0 Å². The van der Waals surface area contributed by atoms with E-state index in [9.17, 15) is 0 Å². The molecule has 0 bridgehead atoms. The first-order valence-corrected chi connectivity index (χ1v) is 17.9. The van der Waals surface area contributed by atoms with Gasteiger partial charge in [0.1, 0.15) is 6.79 Å². The van der Waals surface area contributed by atoms with E-state index in [2.05, 4.69) is 162 Å². The van der Waals surface area contributed by atoms with E-state index in [4.69, 9.17) is 4.79 Å². The zero-order chi connectivity index (χ0) is 36.7. The van der Waals surface area contributed by atoms with Gasteiger partial charge in [-0.1, -0.05) is 147 Å². The fraction of sp³-hybridized carbons (Fsp3) is 0.146. The molecule has 0 aliphatic carbocycles. The summed E-state index contributed by atoms with van der Waals surface area (Å²) >= 11 is 0. The summed E-state index contributed by atoms with van der Waals surface area (Å²) in [5, 5.41) is 2.45. The molecule has 8 aromatic rings. The minimum Gasteiger partial charge on any atom is -0.307 e. The normalized spacial score (nSPS) is 10.4. The first-order valence-electron chi connectivity index (χ1n) is 17.9. The lowest BCUT2D eigenvalue weighted by atomic mass is 9.84. The predicted octanol–water partition coefficient (Wildman–Crippen LogP) is 11.7. The second kappa shape index (κ2) is 18.7. The summed E-state index contributed by atoms with van der Waals surface area (Å²) in [6, 6.07) is 56.2. The number of hydrogen-bond acceptors (Lipinski definition) is 3. The Morgan fingerprint density at radius 3 is 1.62 bits per heavy atom. The highest BCUT2D eigenvalue weighted by molar-refractivity contribution is 6.09. The number of hydrogen-bond donors (Lipinski definition) is 0. The van der Waals surface area contributed by atoms with Gasteiger partial charge in [-0.05, 0) is 90.4 Å². The Morgan fingerprint density at radius 1 is 0.538 bits per heavy atom.